The first-order valence-corrected chi connectivity index (χ1v) is 8.81. The molecule has 0 spiro atoms. The molecule has 0 radical (unpaired) electrons. The van der Waals surface area contributed by atoms with Crippen molar-refractivity contribution in [1.82, 2.24) is 9.78 Å². The zero-order chi connectivity index (χ0) is 16.4. The number of aliphatic carboxylic acids is 1. The van der Waals surface area contributed by atoms with Gasteiger partial charge < -0.3 is 5.11 Å². The van der Waals surface area contributed by atoms with Crippen LogP contribution in [0.5, 0.6) is 0 Å². The Morgan fingerprint density at radius 3 is 2.74 bits per heavy atom. The SMILES string of the molecule is Cn1nc(-c2ccc(Cl)cc2)s/c1=N/[C@H]1CCCC[C@H]1C(=O)O. The zero-order valence-electron chi connectivity index (χ0n) is 12.8. The highest BCUT2D eigenvalue weighted by molar-refractivity contribution is 7.12. The van der Waals surface area contributed by atoms with Gasteiger partial charge in [-0.1, -0.05) is 47.9 Å². The van der Waals surface area contributed by atoms with Crippen LogP contribution in [0.3, 0.4) is 0 Å². The van der Waals surface area contributed by atoms with Crippen molar-refractivity contribution >= 4 is 28.9 Å². The summed E-state index contributed by atoms with van der Waals surface area (Å²) in [5.74, 6) is -1.13. The number of aromatic nitrogens is 2. The fourth-order valence-electron chi connectivity index (χ4n) is 2.87. The molecule has 1 aromatic carbocycles. The molecular weight excluding hydrogens is 334 g/mol. The Bertz CT molecular complexity index is 766. The lowest BCUT2D eigenvalue weighted by molar-refractivity contribution is -0.143. The van der Waals surface area contributed by atoms with E-state index in [1.807, 2.05) is 31.3 Å². The fourth-order valence-corrected chi connectivity index (χ4v) is 3.94. The molecule has 3 rings (SSSR count). The maximum absolute atomic E-state index is 11.4. The van der Waals surface area contributed by atoms with E-state index in [-0.39, 0.29) is 12.0 Å². The number of carboxylic acids is 1. The predicted molar refractivity (Wildman–Crippen MR) is 90.5 cm³/mol. The summed E-state index contributed by atoms with van der Waals surface area (Å²) >= 11 is 7.39. The second-order valence-corrected chi connectivity index (χ2v) is 7.14. The maximum Gasteiger partial charge on any atom is 0.308 e. The number of rotatable bonds is 3. The van der Waals surface area contributed by atoms with Gasteiger partial charge in [-0.3, -0.25) is 9.79 Å². The van der Waals surface area contributed by atoms with E-state index in [9.17, 15) is 9.90 Å². The minimum Gasteiger partial charge on any atom is -0.481 e. The highest BCUT2D eigenvalue weighted by atomic mass is 35.5. The van der Waals surface area contributed by atoms with Gasteiger partial charge in [0.1, 0.15) is 5.01 Å². The van der Waals surface area contributed by atoms with Crippen molar-refractivity contribution in [3.8, 4) is 10.6 Å². The molecule has 0 aliphatic heterocycles. The fraction of sp³-hybridized carbons (Fsp3) is 0.438. The summed E-state index contributed by atoms with van der Waals surface area (Å²) in [6.45, 7) is 0. The van der Waals surface area contributed by atoms with Crippen LogP contribution in [0.2, 0.25) is 5.02 Å². The van der Waals surface area contributed by atoms with Crippen LogP contribution in [0, 0.1) is 5.92 Å². The second kappa shape index (κ2) is 6.84. The van der Waals surface area contributed by atoms with E-state index in [0.29, 0.717) is 11.4 Å². The Hall–Kier alpha value is -1.66. The summed E-state index contributed by atoms with van der Waals surface area (Å²) < 4.78 is 1.72. The van der Waals surface area contributed by atoms with Crippen LogP contribution < -0.4 is 4.80 Å². The number of hydrogen-bond acceptors (Lipinski definition) is 4. The van der Waals surface area contributed by atoms with Crippen molar-refractivity contribution in [2.75, 3.05) is 0 Å². The molecule has 1 fully saturated rings. The average Bonchev–Trinajstić information content (AvgIpc) is 2.89. The smallest absolute Gasteiger partial charge is 0.308 e. The molecule has 1 saturated carbocycles. The highest BCUT2D eigenvalue weighted by Crippen LogP contribution is 2.27. The van der Waals surface area contributed by atoms with Gasteiger partial charge in [0.25, 0.3) is 0 Å². The van der Waals surface area contributed by atoms with Crippen LogP contribution in [-0.2, 0) is 11.8 Å². The lowest BCUT2D eigenvalue weighted by Crippen LogP contribution is -2.32. The molecule has 0 saturated heterocycles. The molecule has 0 unspecified atom stereocenters. The molecule has 122 valence electrons. The Morgan fingerprint density at radius 1 is 1.35 bits per heavy atom. The van der Waals surface area contributed by atoms with Crippen LogP contribution in [0.4, 0.5) is 0 Å². The number of carboxylic acid groups (broad SMARTS) is 1. The van der Waals surface area contributed by atoms with Gasteiger partial charge in [0.05, 0.1) is 12.0 Å². The molecule has 0 amide bonds. The van der Waals surface area contributed by atoms with Gasteiger partial charge in [-0.25, -0.2) is 4.68 Å². The normalized spacial score (nSPS) is 22.3. The van der Waals surface area contributed by atoms with E-state index >= 15 is 0 Å². The summed E-state index contributed by atoms with van der Waals surface area (Å²) in [7, 11) is 1.84. The third kappa shape index (κ3) is 3.64. The number of benzene rings is 1. The lowest BCUT2D eigenvalue weighted by atomic mass is 9.85. The van der Waals surface area contributed by atoms with Crippen molar-refractivity contribution < 1.29 is 9.90 Å². The van der Waals surface area contributed by atoms with E-state index in [1.54, 1.807) is 4.68 Å². The van der Waals surface area contributed by atoms with Gasteiger partial charge in [-0.15, -0.1) is 0 Å². The summed E-state index contributed by atoms with van der Waals surface area (Å²) in [6.07, 6.45) is 3.53. The second-order valence-electron chi connectivity index (χ2n) is 5.75. The Morgan fingerprint density at radius 2 is 2.04 bits per heavy atom. The third-order valence-corrected chi connectivity index (χ3v) is 5.43. The molecule has 1 N–H and O–H groups in total. The number of hydrogen-bond donors (Lipinski definition) is 1. The summed E-state index contributed by atoms with van der Waals surface area (Å²) in [5, 5.41) is 15.4. The summed E-state index contributed by atoms with van der Waals surface area (Å²) in [4.78, 5) is 16.9. The van der Waals surface area contributed by atoms with Gasteiger partial charge in [-0.05, 0) is 25.0 Å². The van der Waals surface area contributed by atoms with E-state index in [4.69, 9.17) is 16.6 Å². The van der Waals surface area contributed by atoms with Crippen molar-refractivity contribution in [3.63, 3.8) is 0 Å². The van der Waals surface area contributed by atoms with Crippen LogP contribution in [0.15, 0.2) is 29.3 Å². The van der Waals surface area contributed by atoms with Crippen molar-refractivity contribution in [3.05, 3.63) is 34.1 Å². The maximum atomic E-state index is 11.4. The molecule has 2 atom stereocenters. The van der Waals surface area contributed by atoms with Gasteiger partial charge in [0.2, 0.25) is 4.80 Å². The molecule has 2 aromatic rings. The molecular formula is C16H18ClN3O2S. The minimum atomic E-state index is -0.747. The molecule has 1 aliphatic rings. The van der Waals surface area contributed by atoms with Crippen molar-refractivity contribution in [2.24, 2.45) is 18.0 Å². The van der Waals surface area contributed by atoms with Crippen LogP contribution in [0.25, 0.3) is 10.6 Å². The largest absolute Gasteiger partial charge is 0.481 e. The lowest BCUT2D eigenvalue weighted by Gasteiger charge is -2.24. The molecule has 1 heterocycles. The Balaban J connectivity index is 1.93. The minimum absolute atomic E-state index is 0.161. The monoisotopic (exact) mass is 351 g/mol. The van der Waals surface area contributed by atoms with Crippen LogP contribution in [0.1, 0.15) is 25.7 Å². The van der Waals surface area contributed by atoms with E-state index in [1.165, 1.54) is 11.3 Å². The molecule has 5 nitrogen and oxygen atoms in total. The van der Waals surface area contributed by atoms with Crippen LogP contribution in [-0.4, -0.2) is 26.9 Å². The van der Waals surface area contributed by atoms with Gasteiger partial charge in [0.15, 0.2) is 0 Å². The number of halogens is 1. The number of carbonyl (C=O) groups is 1. The third-order valence-electron chi connectivity index (χ3n) is 4.12. The molecule has 23 heavy (non-hydrogen) atoms. The first kappa shape index (κ1) is 16.2. The first-order chi connectivity index (χ1) is 11.0. The van der Waals surface area contributed by atoms with Gasteiger partial charge in [0, 0.05) is 17.6 Å². The highest BCUT2D eigenvalue weighted by Gasteiger charge is 2.30. The Kier molecular flexibility index (Phi) is 4.82. The quantitative estimate of drug-likeness (QED) is 0.922. The summed E-state index contributed by atoms with van der Waals surface area (Å²) in [6, 6.07) is 7.34. The standard InChI is InChI=1S/C16H18ClN3O2S/c1-20-16(18-13-5-3-2-4-12(13)15(21)22)23-14(19-20)10-6-8-11(17)9-7-10/h6-9,12-13H,2-5H2,1H3,(H,21,22)/b18-16+/t12-,13+/m1/s1. The zero-order valence-corrected chi connectivity index (χ0v) is 14.3. The van der Waals surface area contributed by atoms with E-state index < -0.39 is 5.97 Å². The van der Waals surface area contributed by atoms with E-state index in [0.717, 1.165) is 34.6 Å². The molecule has 1 aromatic heterocycles. The van der Waals surface area contributed by atoms with Crippen molar-refractivity contribution in [1.29, 1.82) is 0 Å². The topological polar surface area (TPSA) is 67.5 Å². The summed E-state index contributed by atoms with van der Waals surface area (Å²) in [5.41, 5.74) is 0.981. The Labute approximate surface area is 143 Å². The van der Waals surface area contributed by atoms with Crippen LogP contribution >= 0.6 is 22.9 Å². The molecule has 1 aliphatic carbocycles. The number of nitrogens with zero attached hydrogens (tertiary/aromatic N) is 3. The predicted octanol–water partition coefficient (Wildman–Crippen LogP) is 3.35. The van der Waals surface area contributed by atoms with Crippen molar-refractivity contribution in [2.45, 2.75) is 31.7 Å². The first-order valence-electron chi connectivity index (χ1n) is 7.61. The average molecular weight is 352 g/mol. The molecule has 7 heteroatoms. The van der Waals surface area contributed by atoms with Gasteiger partial charge in [-0.2, -0.15) is 5.10 Å². The van der Waals surface area contributed by atoms with E-state index in [2.05, 4.69) is 5.10 Å². The van der Waals surface area contributed by atoms with Gasteiger partial charge >= 0.3 is 5.97 Å². The molecule has 0 bridgehead atoms. The number of aryl methyl sites for hydroxylation is 1.